The standard InChI is InChI=1S/C21H19Cl2NO5/c1-28-10-9-24-18(13-5-8-15(22)16(23)11-13)17(20(26)21(24)27)19(25)12-3-6-14(29-2)7-4-12/h3-8,11,18,25H,9-10H2,1-2H3/b19-17+/t18-/m0/s1. The highest BCUT2D eigenvalue weighted by atomic mass is 35.5. The average molecular weight is 436 g/mol. The number of ketones is 1. The average Bonchev–Trinajstić information content (AvgIpc) is 2.98. The third-order valence-electron chi connectivity index (χ3n) is 4.70. The minimum Gasteiger partial charge on any atom is -0.507 e. The van der Waals surface area contributed by atoms with Crippen molar-refractivity contribution in [2.45, 2.75) is 6.04 Å². The highest BCUT2D eigenvalue weighted by molar-refractivity contribution is 6.46. The minimum absolute atomic E-state index is 0.0188. The highest BCUT2D eigenvalue weighted by Gasteiger charge is 2.46. The monoisotopic (exact) mass is 435 g/mol. The third-order valence-corrected chi connectivity index (χ3v) is 5.44. The van der Waals surface area contributed by atoms with Crippen LogP contribution in [0.1, 0.15) is 17.2 Å². The van der Waals surface area contributed by atoms with E-state index in [4.69, 9.17) is 32.7 Å². The summed E-state index contributed by atoms with van der Waals surface area (Å²) in [5.41, 5.74) is 0.931. The Labute approximate surface area is 178 Å². The lowest BCUT2D eigenvalue weighted by molar-refractivity contribution is -0.140. The molecule has 2 aromatic carbocycles. The molecule has 1 heterocycles. The van der Waals surface area contributed by atoms with E-state index in [1.165, 1.54) is 19.1 Å². The quantitative estimate of drug-likeness (QED) is 0.420. The Morgan fingerprint density at radius 3 is 2.34 bits per heavy atom. The molecule has 0 spiro atoms. The summed E-state index contributed by atoms with van der Waals surface area (Å²) in [4.78, 5) is 26.9. The number of rotatable bonds is 6. The van der Waals surface area contributed by atoms with Crippen molar-refractivity contribution in [1.29, 1.82) is 0 Å². The molecule has 29 heavy (non-hydrogen) atoms. The van der Waals surface area contributed by atoms with Gasteiger partial charge in [0, 0.05) is 19.2 Å². The second-order valence-corrected chi connectivity index (χ2v) is 7.20. The zero-order valence-corrected chi connectivity index (χ0v) is 17.3. The Morgan fingerprint density at radius 2 is 1.76 bits per heavy atom. The van der Waals surface area contributed by atoms with Crippen LogP contribution in [-0.2, 0) is 14.3 Å². The molecule has 0 saturated carbocycles. The van der Waals surface area contributed by atoms with Crippen molar-refractivity contribution in [3.8, 4) is 5.75 Å². The zero-order valence-electron chi connectivity index (χ0n) is 15.8. The van der Waals surface area contributed by atoms with Crippen molar-refractivity contribution in [3.05, 3.63) is 69.2 Å². The number of Topliss-reactive ketones (excluding diaryl/α,β-unsaturated/α-hetero) is 1. The fourth-order valence-corrected chi connectivity index (χ4v) is 3.54. The van der Waals surface area contributed by atoms with Gasteiger partial charge in [-0.25, -0.2) is 0 Å². The summed E-state index contributed by atoms with van der Waals surface area (Å²) < 4.78 is 10.2. The molecule has 6 nitrogen and oxygen atoms in total. The smallest absolute Gasteiger partial charge is 0.295 e. The molecule has 152 valence electrons. The topological polar surface area (TPSA) is 76.1 Å². The summed E-state index contributed by atoms with van der Waals surface area (Å²) in [7, 11) is 3.03. The molecule has 0 unspecified atom stereocenters. The van der Waals surface area contributed by atoms with Crippen LogP contribution in [0.5, 0.6) is 5.75 Å². The van der Waals surface area contributed by atoms with E-state index in [9.17, 15) is 14.7 Å². The third kappa shape index (κ3) is 4.10. The maximum Gasteiger partial charge on any atom is 0.295 e. The summed E-state index contributed by atoms with van der Waals surface area (Å²) >= 11 is 12.2. The number of hydrogen-bond donors (Lipinski definition) is 1. The first kappa shape index (κ1) is 21.2. The molecule has 3 rings (SSSR count). The molecule has 1 aliphatic rings. The number of methoxy groups -OCH3 is 2. The molecular weight excluding hydrogens is 417 g/mol. The van der Waals surface area contributed by atoms with Gasteiger partial charge in [-0.2, -0.15) is 0 Å². The lowest BCUT2D eigenvalue weighted by atomic mass is 9.95. The predicted molar refractivity (Wildman–Crippen MR) is 110 cm³/mol. The summed E-state index contributed by atoms with van der Waals surface area (Å²) in [6.45, 7) is 0.402. The number of aliphatic hydroxyl groups is 1. The molecule has 0 bridgehead atoms. The maximum atomic E-state index is 12.8. The Kier molecular flexibility index (Phi) is 6.47. The van der Waals surface area contributed by atoms with Crippen molar-refractivity contribution < 1.29 is 24.2 Å². The largest absolute Gasteiger partial charge is 0.507 e. The van der Waals surface area contributed by atoms with Gasteiger partial charge in [-0.3, -0.25) is 9.59 Å². The summed E-state index contributed by atoms with van der Waals surface area (Å²) in [6, 6.07) is 10.6. The fraction of sp³-hybridized carbons (Fsp3) is 0.238. The van der Waals surface area contributed by atoms with E-state index in [0.29, 0.717) is 21.9 Å². The number of halogens is 2. The normalized spacial score (nSPS) is 18.3. The molecule has 1 saturated heterocycles. The van der Waals surface area contributed by atoms with Crippen molar-refractivity contribution in [2.75, 3.05) is 27.4 Å². The number of amides is 1. The van der Waals surface area contributed by atoms with Gasteiger partial charge in [0.05, 0.1) is 35.4 Å². The molecule has 0 radical (unpaired) electrons. The van der Waals surface area contributed by atoms with Crippen molar-refractivity contribution >= 4 is 40.7 Å². The van der Waals surface area contributed by atoms with Gasteiger partial charge in [0.2, 0.25) is 0 Å². The molecule has 2 aromatic rings. The summed E-state index contributed by atoms with van der Waals surface area (Å²) in [6.07, 6.45) is 0. The lowest BCUT2D eigenvalue weighted by Crippen LogP contribution is -2.32. The first-order valence-corrected chi connectivity index (χ1v) is 9.51. The SMILES string of the molecule is COCCN1C(=O)C(=O)/C(=C(/O)c2ccc(OC)cc2)[C@@H]1c1ccc(Cl)c(Cl)c1. The molecule has 8 heteroatoms. The maximum absolute atomic E-state index is 12.8. The number of nitrogens with zero attached hydrogens (tertiary/aromatic N) is 1. The molecule has 0 aliphatic carbocycles. The van der Waals surface area contributed by atoms with E-state index in [0.717, 1.165) is 0 Å². The molecule has 1 aliphatic heterocycles. The van der Waals surface area contributed by atoms with Gasteiger partial charge < -0.3 is 19.5 Å². The molecule has 1 fully saturated rings. The molecular formula is C21H19Cl2NO5. The van der Waals surface area contributed by atoms with Crippen LogP contribution in [0.4, 0.5) is 0 Å². The van der Waals surface area contributed by atoms with Crippen molar-refractivity contribution in [2.24, 2.45) is 0 Å². The van der Waals surface area contributed by atoms with Crippen molar-refractivity contribution in [3.63, 3.8) is 0 Å². The second-order valence-electron chi connectivity index (χ2n) is 6.39. The molecule has 1 N–H and O–H groups in total. The van der Waals surface area contributed by atoms with Crippen LogP contribution in [-0.4, -0.2) is 49.1 Å². The highest BCUT2D eigenvalue weighted by Crippen LogP contribution is 2.40. The Morgan fingerprint density at radius 1 is 1.07 bits per heavy atom. The van der Waals surface area contributed by atoms with Crippen LogP contribution >= 0.6 is 23.2 Å². The second kappa shape index (κ2) is 8.86. The Bertz CT molecular complexity index is 972. The van der Waals surface area contributed by atoms with E-state index in [-0.39, 0.29) is 29.5 Å². The summed E-state index contributed by atoms with van der Waals surface area (Å²) in [5, 5.41) is 11.5. The van der Waals surface area contributed by atoms with Gasteiger partial charge in [-0.15, -0.1) is 0 Å². The predicted octanol–water partition coefficient (Wildman–Crippen LogP) is 4.07. The van der Waals surface area contributed by atoms with Crippen LogP contribution in [0.25, 0.3) is 5.76 Å². The number of ether oxygens (including phenoxy) is 2. The molecule has 1 amide bonds. The Balaban J connectivity index is 2.15. The molecule has 0 aromatic heterocycles. The van der Waals surface area contributed by atoms with Gasteiger partial charge in [0.1, 0.15) is 11.5 Å². The number of carbonyl (C=O) groups excluding carboxylic acids is 2. The van der Waals surface area contributed by atoms with Crippen molar-refractivity contribution in [1.82, 2.24) is 4.90 Å². The van der Waals surface area contributed by atoms with E-state index in [1.54, 1.807) is 42.5 Å². The van der Waals surface area contributed by atoms with Crippen LogP contribution in [0.2, 0.25) is 10.0 Å². The van der Waals surface area contributed by atoms with Gasteiger partial charge in [-0.05, 0) is 42.0 Å². The number of benzene rings is 2. The van der Waals surface area contributed by atoms with Crippen LogP contribution < -0.4 is 4.74 Å². The van der Waals surface area contributed by atoms with Gasteiger partial charge >= 0.3 is 0 Å². The van der Waals surface area contributed by atoms with E-state index < -0.39 is 17.7 Å². The lowest BCUT2D eigenvalue weighted by Gasteiger charge is -2.25. The number of carbonyl (C=O) groups is 2. The van der Waals surface area contributed by atoms with E-state index in [1.807, 2.05) is 0 Å². The number of hydrogen-bond acceptors (Lipinski definition) is 5. The first-order chi connectivity index (χ1) is 13.9. The van der Waals surface area contributed by atoms with E-state index in [2.05, 4.69) is 0 Å². The summed E-state index contributed by atoms with van der Waals surface area (Å²) in [5.74, 6) is -1.16. The van der Waals surface area contributed by atoms with Gasteiger partial charge in [0.25, 0.3) is 11.7 Å². The zero-order chi connectivity index (χ0) is 21.1. The van der Waals surface area contributed by atoms with Crippen LogP contribution in [0, 0.1) is 0 Å². The minimum atomic E-state index is -0.818. The first-order valence-electron chi connectivity index (χ1n) is 8.75. The molecule has 1 atom stereocenters. The number of aliphatic hydroxyl groups excluding tert-OH is 1. The number of likely N-dealkylation sites (tertiary alicyclic amines) is 1. The van der Waals surface area contributed by atoms with Crippen LogP contribution in [0.15, 0.2) is 48.0 Å². The van der Waals surface area contributed by atoms with Gasteiger partial charge in [0.15, 0.2) is 0 Å². The fourth-order valence-electron chi connectivity index (χ4n) is 3.23. The van der Waals surface area contributed by atoms with Gasteiger partial charge in [-0.1, -0.05) is 29.3 Å². The van der Waals surface area contributed by atoms with Crippen LogP contribution in [0.3, 0.4) is 0 Å². The van der Waals surface area contributed by atoms with E-state index >= 15 is 0 Å². The Hall–Kier alpha value is -2.54.